The van der Waals surface area contributed by atoms with E-state index in [9.17, 15) is 9.50 Å². The summed E-state index contributed by atoms with van der Waals surface area (Å²) in [6.07, 6.45) is 6.98. The zero-order valence-electron chi connectivity index (χ0n) is 11.6. The van der Waals surface area contributed by atoms with Gasteiger partial charge in [0.15, 0.2) is 11.6 Å². The van der Waals surface area contributed by atoms with Gasteiger partial charge in [-0.2, -0.15) is 0 Å². The predicted octanol–water partition coefficient (Wildman–Crippen LogP) is 3.71. The van der Waals surface area contributed by atoms with Gasteiger partial charge in [-0.3, -0.25) is 0 Å². The van der Waals surface area contributed by atoms with E-state index in [0.717, 1.165) is 18.8 Å². The van der Waals surface area contributed by atoms with Crippen molar-refractivity contribution in [3.63, 3.8) is 0 Å². The van der Waals surface area contributed by atoms with Gasteiger partial charge in [0.05, 0.1) is 13.2 Å². The minimum absolute atomic E-state index is 0.250. The van der Waals surface area contributed by atoms with Gasteiger partial charge in [0.25, 0.3) is 0 Å². The number of halogens is 1. The van der Waals surface area contributed by atoms with Gasteiger partial charge < -0.3 is 9.84 Å². The van der Waals surface area contributed by atoms with Crippen LogP contribution in [0.1, 0.15) is 44.1 Å². The van der Waals surface area contributed by atoms with Crippen LogP contribution in [-0.4, -0.2) is 18.3 Å². The van der Waals surface area contributed by atoms with E-state index in [1.165, 1.54) is 32.8 Å². The lowest BCUT2D eigenvalue weighted by atomic mass is 9.96. The molecule has 0 spiro atoms. The van der Waals surface area contributed by atoms with Crippen LogP contribution in [0, 0.1) is 11.7 Å². The smallest absolute Gasteiger partial charge is 0.168 e. The largest absolute Gasteiger partial charge is 0.494 e. The quantitative estimate of drug-likeness (QED) is 0.850. The van der Waals surface area contributed by atoms with Gasteiger partial charge in [0, 0.05) is 6.42 Å². The molecule has 2 rings (SSSR count). The fourth-order valence-corrected chi connectivity index (χ4v) is 2.95. The highest BCUT2D eigenvalue weighted by Crippen LogP contribution is 2.29. The minimum atomic E-state index is -0.456. The zero-order chi connectivity index (χ0) is 13.7. The first-order chi connectivity index (χ1) is 9.20. The van der Waals surface area contributed by atoms with Gasteiger partial charge in [-0.15, -0.1) is 0 Å². The van der Waals surface area contributed by atoms with Crippen LogP contribution in [-0.2, 0) is 6.42 Å². The molecule has 1 aromatic rings. The van der Waals surface area contributed by atoms with Crippen LogP contribution >= 0.6 is 0 Å². The van der Waals surface area contributed by atoms with E-state index in [4.69, 9.17) is 4.74 Å². The number of hydrogen-bond acceptors (Lipinski definition) is 2. The Morgan fingerprint density at radius 3 is 2.79 bits per heavy atom. The van der Waals surface area contributed by atoms with Crippen LogP contribution in [0.15, 0.2) is 18.2 Å². The fourth-order valence-electron chi connectivity index (χ4n) is 2.95. The zero-order valence-corrected chi connectivity index (χ0v) is 11.6. The first-order valence-electron chi connectivity index (χ1n) is 7.20. The molecule has 1 fully saturated rings. The van der Waals surface area contributed by atoms with Crippen molar-refractivity contribution in [2.45, 2.75) is 51.0 Å². The van der Waals surface area contributed by atoms with Crippen molar-refractivity contribution in [3.05, 3.63) is 29.6 Å². The van der Waals surface area contributed by atoms with Crippen molar-refractivity contribution in [3.8, 4) is 5.75 Å². The minimum Gasteiger partial charge on any atom is -0.494 e. The summed E-state index contributed by atoms with van der Waals surface area (Å²) in [7, 11) is 1.46. The second kappa shape index (κ2) is 6.90. The van der Waals surface area contributed by atoms with Gasteiger partial charge >= 0.3 is 0 Å². The molecule has 1 saturated carbocycles. The van der Waals surface area contributed by atoms with Crippen molar-refractivity contribution in [1.82, 2.24) is 0 Å². The Morgan fingerprint density at radius 2 is 2.11 bits per heavy atom. The molecule has 0 bridgehead atoms. The van der Waals surface area contributed by atoms with E-state index in [0.29, 0.717) is 12.0 Å². The van der Waals surface area contributed by atoms with Crippen molar-refractivity contribution in [2.75, 3.05) is 7.11 Å². The first-order valence-corrected chi connectivity index (χ1v) is 7.20. The Hall–Kier alpha value is -1.09. The molecule has 0 aliphatic heterocycles. The number of hydrogen-bond donors (Lipinski definition) is 1. The van der Waals surface area contributed by atoms with Crippen molar-refractivity contribution >= 4 is 0 Å². The molecule has 2 nitrogen and oxygen atoms in total. The number of ether oxygens (including phenoxy) is 1. The van der Waals surface area contributed by atoms with Crippen molar-refractivity contribution in [2.24, 2.45) is 5.92 Å². The highest BCUT2D eigenvalue weighted by molar-refractivity contribution is 5.31. The molecule has 106 valence electrons. The Bertz CT molecular complexity index is 400. The van der Waals surface area contributed by atoms with Crippen molar-refractivity contribution in [1.29, 1.82) is 0 Å². The molecule has 1 unspecified atom stereocenters. The van der Waals surface area contributed by atoms with Gasteiger partial charge in [-0.1, -0.05) is 37.8 Å². The number of benzene rings is 1. The van der Waals surface area contributed by atoms with Crippen LogP contribution in [0.2, 0.25) is 0 Å². The Balaban J connectivity index is 1.85. The molecule has 0 saturated heterocycles. The summed E-state index contributed by atoms with van der Waals surface area (Å²) in [5, 5.41) is 10.0. The molecule has 0 aromatic heterocycles. The third kappa shape index (κ3) is 3.93. The maximum Gasteiger partial charge on any atom is 0.168 e. The standard InChI is InChI=1S/C16H23FO2/c1-19-15-8-4-7-13(16(15)17)11-14(18)10-9-12-5-2-3-6-12/h4,7-8,12,14,18H,2-3,5-6,9-11H2,1H3. The van der Waals surface area contributed by atoms with Gasteiger partial charge in [0.1, 0.15) is 0 Å². The summed E-state index contributed by atoms with van der Waals surface area (Å²) in [5.74, 6) is 0.676. The second-order valence-corrected chi connectivity index (χ2v) is 5.52. The summed E-state index contributed by atoms with van der Waals surface area (Å²) in [6, 6.07) is 5.08. The van der Waals surface area contributed by atoms with E-state index in [-0.39, 0.29) is 11.6 Å². The molecule has 0 radical (unpaired) electrons. The van der Waals surface area contributed by atoms with E-state index in [1.54, 1.807) is 18.2 Å². The summed E-state index contributed by atoms with van der Waals surface area (Å²) in [6.45, 7) is 0. The van der Waals surface area contributed by atoms with Gasteiger partial charge in [0.2, 0.25) is 0 Å². The summed E-state index contributed by atoms with van der Waals surface area (Å²) in [5.41, 5.74) is 0.540. The fraction of sp³-hybridized carbons (Fsp3) is 0.625. The normalized spacial score (nSPS) is 17.6. The molecular formula is C16H23FO2. The second-order valence-electron chi connectivity index (χ2n) is 5.52. The summed E-state index contributed by atoms with van der Waals surface area (Å²) in [4.78, 5) is 0. The lowest BCUT2D eigenvalue weighted by Crippen LogP contribution is -2.13. The summed E-state index contributed by atoms with van der Waals surface area (Å²) < 4.78 is 18.9. The lowest BCUT2D eigenvalue weighted by Gasteiger charge is -2.15. The van der Waals surface area contributed by atoms with Gasteiger partial charge in [-0.05, 0) is 30.4 Å². The van der Waals surface area contributed by atoms with E-state index in [1.807, 2.05) is 0 Å². The average molecular weight is 266 g/mol. The predicted molar refractivity (Wildman–Crippen MR) is 73.9 cm³/mol. The van der Waals surface area contributed by atoms with E-state index >= 15 is 0 Å². The first kappa shape index (κ1) is 14.3. The molecule has 1 N–H and O–H groups in total. The van der Waals surface area contributed by atoms with Crippen LogP contribution in [0.4, 0.5) is 4.39 Å². The van der Waals surface area contributed by atoms with Crippen LogP contribution in [0.5, 0.6) is 5.75 Å². The summed E-state index contributed by atoms with van der Waals surface area (Å²) >= 11 is 0. The maximum atomic E-state index is 13.9. The van der Waals surface area contributed by atoms with Gasteiger partial charge in [-0.25, -0.2) is 4.39 Å². The van der Waals surface area contributed by atoms with E-state index < -0.39 is 6.10 Å². The number of methoxy groups -OCH3 is 1. The molecular weight excluding hydrogens is 243 g/mol. The molecule has 19 heavy (non-hydrogen) atoms. The van der Waals surface area contributed by atoms with Crippen LogP contribution in [0.25, 0.3) is 0 Å². The number of aliphatic hydroxyl groups is 1. The third-order valence-corrected chi connectivity index (χ3v) is 4.10. The highest BCUT2D eigenvalue weighted by atomic mass is 19.1. The Morgan fingerprint density at radius 1 is 1.37 bits per heavy atom. The topological polar surface area (TPSA) is 29.5 Å². The molecule has 1 atom stereocenters. The van der Waals surface area contributed by atoms with Crippen molar-refractivity contribution < 1.29 is 14.2 Å². The van der Waals surface area contributed by atoms with Crippen LogP contribution in [0.3, 0.4) is 0 Å². The Kier molecular flexibility index (Phi) is 5.20. The molecule has 3 heteroatoms. The highest BCUT2D eigenvalue weighted by Gasteiger charge is 2.18. The molecule has 1 aliphatic carbocycles. The number of aliphatic hydroxyl groups excluding tert-OH is 1. The van der Waals surface area contributed by atoms with E-state index in [2.05, 4.69) is 0 Å². The SMILES string of the molecule is COc1cccc(CC(O)CCC2CCCC2)c1F. The average Bonchev–Trinajstić information content (AvgIpc) is 2.92. The molecule has 0 amide bonds. The molecule has 0 heterocycles. The molecule has 1 aromatic carbocycles. The molecule has 1 aliphatic rings. The third-order valence-electron chi connectivity index (χ3n) is 4.10. The maximum absolute atomic E-state index is 13.9. The number of rotatable bonds is 6. The monoisotopic (exact) mass is 266 g/mol. The lowest BCUT2D eigenvalue weighted by molar-refractivity contribution is 0.153. The Labute approximate surface area is 114 Å². The van der Waals surface area contributed by atoms with Crippen LogP contribution < -0.4 is 4.74 Å².